The Balaban J connectivity index is 1.42. The van der Waals surface area contributed by atoms with Gasteiger partial charge >= 0.3 is 0 Å². The zero-order chi connectivity index (χ0) is 23.4. The summed E-state index contributed by atoms with van der Waals surface area (Å²) in [6, 6.07) is 2.07. The minimum atomic E-state index is 0.143. The average Bonchev–Trinajstić information content (AvgIpc) is 3.15. The van der Waals surface area contributed by atoms with E-state index in [9.17, 15) is 4.79 Å². The molecule has 34 heavy (non-hydrogen) atoms. The summed E-state index contributed by atoms with van der Waals surface area (Å²) in [5.41, 5.74) is 3.48. The van der Waals surface area contributed by atoms with Crippen molar-refractivity contribution < 1.29 is 4.74 Å². The number of fused-ring (bicyclic) bond motifs is 3. The number of pyridine rings is 1. The Kier molecular flexibility index (Phi) is 5.80. The van der Waals surface area contributed by atoms with Crippen molar-refractivity contribution in [2.24, 2.45) is 23.2 Å². The third-order valence-corrected chi connectivity index (χ3v) is 9.98. The normalized spacial score (nSPS) is 27.9. The predicted octanol–water partition coefficient (Wildman–Crippen LogP) is 6.41. The van der Waals surface area contributed by atoms with Crippen molar-refractivity contribution in [3.8, 4) is 0 Å². The molecule has 6 heteroatoms. The number of nitrogens with zero attached hydrogens (tertiary/aromatic N) is 3. The molecule has 0 aromatic carbocycles. The lowest BCUT2D eigenvalue weighted by atomic mass is 9.49. The van der Waals surface area contributed by atoms with E-state index in [0.717, 1.165) is 87.5 Å². The van der Waals surface area contributed by atoms with Crippen LogP contribution in [0.1, 0.15) is 81.8 Å². The third-order valence-electron chi connectivity index (χ3n) is 8.92. The Morgan fingerprint density at radius 1 is 1.15 bits per heavy atom. The van der Waals surface area contributed by atoms with Gasteiger partial charge in [-0.1, -0.05) is 13.3 Å². The van der Waals surface area contributed by atoms with Gasteiger partial charge in [0, 0.05) is 31.2 Å². The van der Waals surface area contributed by atoms with Crippen molar-refractivity contribution in [2.45, 2.75) is 91.2 Å². The summed E-state index contributed by atoms with van der Waals surface area (Å²) >= 11 is 1.51. The van der Waals surface area contributed by atoms with Gasteiger partial charge in [0.05, 0.1) is 12.1 Å². The number of aromatic nitrogens is 3. The fraction of sp³-hybridized carbons (Fsp3) is 0.679. The number of thiophene rings is 1. The van der Waals surface area contributed by atoms with Crippen molar-refractivity contribution in [1.29, 1.82) is 0 Å². The summed E-state index contributed by atoms with van der Waals surface area (Å²) in [6.45, 7) is 5.54. The number of methoxy groups -OCH3 is 1. The first kappa shape index (κ1) is 22.7. The highest BCUT2D eigenvalue weighted by Crippen LogP contribution is 2.61. The molecular formula is C28H37N3O2S. The second kappa shape index (κ2) is 8.70. The summed E-state index contributed by atoms with van der Waals surface area (Å²) in [7, 11) is 1.72. The zero-order valence-electron chi connectivity index (χ0n) is 20.9. The molecule has 0 spiro atoms. The van der Waals surface area contributed by atoms with Crippen LogP contribution in [0.25, 0.3) is 20.4 Å². The summed E-state index contributed by atoms with van der Waals surface area (Å²) in [6.07, 6.45) is 12.7. The maximum atomic E-state index is 13.9. The molecule has 3 heterocycles. The molecule has 0 aliphatic heterocycles. The monoisotopic (exact) mass is 479 g/mol. The van der Waals surface area contributed by atoms with Gasteiger partial charge in [0.2, 0.25) is 0 Å². The predicted molar refractivity (Wildman–Crippen MR) is 138 cm³/mol. The number of ether oxygens (including phenoxy) is 1. The standard InChI is InChI=1S/C28H37N3O2S/c1-4-5-6-22-30-24-23-21(16-33-3)9-17(2)29-26(23)34-25(24)27(32)31(22)8-7-28-13-18-10-19(14-28)12-20(11-18)15-28/h9,18-20H,4-8,10-16H2,1-3H3. The number of unbranched alkanes of at least 4 members (excludes halogenated alkanes) is 1. The van der Waals surface area contributed by atoms with Crippen molar-refractivity contribution in [2.75, 3.05) is 7.11 Å². The molecule has 4 saturated carbocycles. The smallest absolute Gasteiger partial charge is 0.271 e. The van der Waals surface area contributed by atoms with E-state index < -0.39 is 0 Å². The molecular weight excluding hydrogens is 442 g/mol. The molecule has 4 aliphatic carbocycles. The quantitative estimate of drug-likeness (QED) is 0.375. The van der Waals surface area contributed by atoms with Crippen LogP contribution in [0.2, 0.25) is 0 Å². The Hall–Kier alpha value is -1.79. The maximum Gasteiger partial charge on any atom is 0.271 e. The van der Waals surface area contributed by atoms with Crippen LogP contribution in [-0.4, -0.2) is 21.6 Å². The molecule has 4 aliphatic rings. The van der Waals surface area contributed by atoms with E-state index in [1.807, 2.05) is 6.92 Å². The Morgan fingerprint density at radius 3 is 2.50 bits per heavy atom. The third kappa shape index (κ3) is 3.81. The van der Waals surface area contributed by atoms with Crippen LogP contribution in [0, 0.1) is 30.1 Å². The molecule has 3 aromatic heterocycles. The first-order chi connectivity index (χ1) is 16.5. The van der Waals surface area contributed by atoms with E-state index in [2.05, 4.69) is 17.6 Å². The molecule has 0 radical (unpaired) electrons. The van der Waals surface area contributed by atoms with Crippen molar-refractivity contribution in [3.05, 3.63) is 33.5 Å². The van der Waals surface area contributed by atoms with Gasteiger partial charge in [-0.15, -0.1) is 11.3 Å². The van der Waals surface area contributed by atoms with E-state index in [1.54, 1.807) is 7.11 Å². The van der Waals surface area contributed by atoms with E-state index in [4.69, 9.17) is 14.7 Å². The van der Waals surface area contributed by atoms with Crippen LogP contribution in [0.5, 0.6) is 0 Å². The second-order valence-corrected chi connectivity index (χ2v) is 12.6. The molecule has 3 aromatic rings. The summed E-state index contributed by atoms with van der Waals surface area (Å²) in [5.74, 6) is 3.80. The number of aryl methyl sites for hydroxylation is 2. The van der Waals surface area contributed by atoms with Crippen LogP contribution in [0.4, 0.5) is 0 Å². The summed E-state index contributed by atoms with van der Waals surface area (Å²) < 4.78 is 8.29. The minimum Gasteiger partial charge on any atom is -0.380 e. The van der Waals surface area contributed by atoms with Gasteiger partial charge in [-0.25, -0.2) is 9.97 Å². The Bertz CT molecular complexity index is 1260. The molecule has 5 nitrogen and oxygen atoms in total. The minimum absolute atomic E-state index is 0.143. The van der Waals surface area contributed by atoms with Gasteiger partial charge in [-0.2, -0.15) is 0 Å². The van der Waals surface area contributed by atoms with Crippen LogP contribution >= 0.6 is 11.3 Å². The number of rotatable bonds is 8. The topological polar surface area (TPSA) is 57.0 Å². The SMILES string of the molecule is CCCCc1nc2c(sc3nc(C)cc(COC)c32)c(=O)n1CCC12CC3CC(CC(C3)C1)C2. The van der Waals surface area contributed by atoms with Gasteiger partial charge in [0.25, 0.3) is 5.56 Å². The molecule has 7 rings (SSSR count). The lowest BCUT2D eigenvalue weighted by Crippen LogP contribution is -2.46. The van der Waals surface area contributed by atoms with Crippen LogP contribution in [-0.2, 0) is 24.3 Å². The van der Waals surface area contributed by atoms with Gasteiger partial charge in [0.1, 0.15) is 15.4 Å². The van der Waals surface area contributed by atoms with Gasteiger partial charge in [0.15, 0.2) is 0 Å². The van der Waals surface area contributed by atoms with Crippen LogP contribution < -0.4 is 5.56 Å². The Morgan fingerprint density at radius 2 is 1.85 bits per heavy atom. The molecule has 0 saturated heterocycles. The highest BCUT2D eigenvalue weighted by atomic mass is 32.1. The molecule has 4 fully saturated rings. The largest absolute Gasteiger partial charge is 0.380 e. The zero-order valence-corrected chi connectivity index (χ0v) is 21.7. The van der Waals surface area contributed by atoms with Crippen molar-refractivity contribution in [1.82, 2.24) is 14.5 Å². The van der Waals surface area contributed by atoms with E-state index in [1.165, 1.54) is 49.9 Å². The lowest BCUT2D eigenvalue weighted by Gasteiger charge is -2.57. The fourth-order valence-corrected chi connectivity index (χ4v) is 9.10. The molecule has 182 valence electrons. The van der Waals surface area contributed by atoms with Crippen molar-refractivity contribution >= 4 is 31.8 Å². The summed E-state index contributed by atoms with van der Waals surface area (Å²) in [5, 5.41) is 1.01. The van der Waals surface area contributed by atoms with E-state index in [0.29, 0.717) is 12.0 Å². The van der Waals surface area contributed by atoms with Crippen molar-refractivity contribution in [3.63, 3.8) is 0 Å². The van der Waals surface area contributed by atoms with Gasteiger partial charge in [-0.05, 0) is 93.1 Å². The molecule has 0 atom stereocenters. The maximum absolute atomic E-state index is 13.9. The number of hydrogen-bond donors (Lipinski definition) is 0. The second-order valence-electron chi connectivity index (χ2n) is 11.6. The van der Waals surface area contributed by atoms with Gasteiger partial charge in [-0.3, -0.25) is 9.36 Å². The highest BCUT2D eigenvalue weighted by molar-refractivity contribution is 7.25. The molecule has 0 N–H and O–H groups in total. The molecule has 0 unspecified atom stereocenters. The van der Waals surface area contributed by atoms with E-state index in [-0.39, 0.29) is 5.56 Å². The lowest BCUT2D eigenvalue weighted by molar-refractivity contribution is -0.0593. The molecule has 4 bridgehead atoms. The Labute approximate surface area is 205 Å². The van der Waals surface area contributed by atoms with E-state index >= 15 is 0 Å². The fourth-order valence-electron chi connectivity index (χ4n) is 7.95. The summed E-state index contributed by atoms with van der Waals surface area (Å²) in [4.78, 5) is 24.8. The highest BCUT2D eigenvalue weighted by Gasteiger charge is 2.50. The number of hydrogen-bond acceptors (Lipinski definition) is 5. The van der Waals surface area contributed by atoms with Crippen LogP contribution in [0.3, 0.4) is 0 Å². The van der Waals surface area contributed by atoms with Crippen LogP contribution in [0.15, 0.2) is 10.9 Å². The first-order valence-corrected chi connectivity index (χ1v) is 14.1. The molecule has 0 amide bonds. The average molecular weight is 480 g/mol. The first-order valence-electron chi connectivity index (χ1n) is 13.3. The van der Waals surface area contributed by atoms with Gasteiger partial charge < -0.3 is 4.74 Å².